The fourth-order valence-electron chi connectivity index (χ4n) is 3.41. The Kier molecular flexibility index (Phi) is 6.66. The third kappa shape index (κ3) is 4.09. The van der Waals surface area contributed by atoms with Crippen LogP contribution >= 0.6 is 12.4 Å². The van der Waals surface area contributed by atoms with Crippen LogP contribution in [0.4, 0.5) is 11.6 Å². The quantitative estimate of drug-likeness (QED) is 0.794. The van der Waals surface area contributed by atoms with Gasteiger partial charge in [-0.05, 0) is 25.2 Å². The summed E-state index contributed by atoms with van der Waals surface area (Å²) in [5, 5.41) is 0. The molecule has 3 rings (SSSR count). The summed E-state index contributed by atoms with van der Waals surface area (Å²) in [6.45, 7) is 3.42. The van der Waals surface area contributed by atoms with Gasteiger partial charge >= 0.3 is 6.01 Å². The summed E-state index contributed by atoms with van der Waals surface area (Å²) in [7, 11) is 0. The van der Waals surface area contributed by atoms with Gasteiger partial charge in [0.25, 0.3) is 0 Å². The molecule has 0 bridgehead atoms. The molecule has 0 aromatic carbocycles. The number of hydrogen-bond donors (Lipinski definition) is 1. The first-order valence-electron chi connectivity index (χ1n) is 8.78. The van der Waals surface area contributed by atoms with Crippen molar-refractivity contribution in [1.29, 1.82) is 0 Å². The molecule has 0 atom stereocenters. The normalized spacial score (nSPS) is 17.5. The highest BCUT2D eigenvalue weighted by Crippen LogP contribution is 2.34. The minimum absolute atomic E-state index is 0. The summed E-state index contributed by atoms with van der Waals surface area (Å²) in [5.74, 6) is 1.69. The van der Waals surface area contributed by atoms with Gasteiger partial charge < -0.3 is 10.5 Å². The lowest BCUT2D eigenvalue weighted by molar-refractivity contribution is -0.117. The summed E-state index contributed by atoms with van der Waals surface area (Å²) in [4.78, 5) is 22.9. The van der Waals surface area contributed by atoms with E-state index in [2.05, 4.69) is 16.9 Å². The number of hydrogen-bond acceptors (Lipinski definition) is 5. The average molecular weight is 355 g/mol. The maximum Gasteiger partial charge on any atom is 0.320 e. The molecule has 6 nitrogen and oxygen atoms in total. The molecule has 2 heterocycles. The molecule has 0 radical (unpaired) electrons. The third-order valence-electron chi connectivity index (χ3n) is 4.78. The zero-order chi connectivity index (χ0) is 16.2. The number of rotatable bonds is 6. The lowest BCUT2D eigenvalue weighted by Gasteiger charge is -2.26. The topological polar surface area (TPSA) is 81.3 Å². The number of ether oxygens (including phenoxy) is 1. The molecule has 24 heavy (non-hydrogen) atoms. The number of nitrogens with zero attached hydrogens (tertiary/aromatic N) is 3. The van der Waals surface area contributed by atoms with Crippen molar-refractivity contribution in [3.05, 3.63) is 5.56 Å². The number of anilines is 2. The monoisotopic (exact) mass is 354 g/mol. The van der Waals surface area contributed by atoms with Crippen molar-refractivity contribution in [3.63, 3.8) is 0 Å². The molecule has 0 unspecified atom stereocenters. The number of carbonyl (C=O) groups is 1. The van der Waals surface area contributed by atoms with E-state index >= 15 is 0 Å². The van der Waals surface area contributed by atoms with Crippen molar-refractivity contribution in [2.45, 2.75) is 58.3 Å². The van der Waals surface area contributed by atoms with Crippen LogP contribution in [0.25, 0.3) is 0 Å². The maximum atomic E-state index is 12.4. The largest absolute Gasteiger partial charge is 0.463 e. The van der Waals surface area contributed by atoms with Gasteiger partial charge in [-0.25, -0.2) is 0 Å². The highest BCUT2D eigenvalue weighted by molar-refractivity contribution is 6.01. The number of nitrogen functional groups attached to an aromatic ring is 1. The zero-order valence-corrected chi connectivity index (χ0v) is 15.1. The molecule has 1 fully saturated rings. The highest BCUT2D eigenvalue weighted by Gasteiger charge is 2.33. The van der Waals surface area contributed by atoms with Crippen molar-refractivity contribution in [1.82, 2.24) is 9.97 Å². The summed E-state index contributed by atoms with van der Waals surface area (Å²) >= 11 is 0. The SMILES string of the molecule is CCCCOc1nc(N)c2c(n1)N(CC1CCCCC1)C(=O)C2.Cl. The molecule has 2 N–H and O–H groups in total. The van der Waals surface area contributed by atoms with Crippen molar-refractivity contribution < 1.29 is 9.53 Å². The van der Waals surface area contributed by atoms with Crippen LogP contribution in [0.2, 0.25) is 0 Å². The van der Waals surface area contributed by atoms with Gasteiger partial charge in [0, 0.05) is 12.1 Å². The molecular formula is C17H27ClN4O2. The first-order chi connectivity index (χ1) is 11.2. The van der Waals surface area contributed by atoms with Gasteiger partial charge in [0.15, 0.2) is 0 Å². The van der Waals surface area contributed by atoms with Crippen LogP contribution < -0.4 is 15.4 Å². The molecule has 134 valence electrons. The van der Waals surface area contributed by atoms with Gasteiger partial charge in [0.05, 0.1) is 13.0 Å². The molecule has 2 aliphatic rings. The van der Waals surface area contributed by atoms with E-state index in [4.69, 9.17) is 10.5 Å². The fourth-order valence-corrected chi connectivity index (χ4v) is 3.41. The summed E-state index contributed by atoms with van der Waals surface area (Å²) < 4.78 is 5.59. The Balaban J connectivity index is 0.00000208. The molecule has 1 aliphatic heterocycles. The summed E-state index contributed by atoms with van der Waals surface area (Å²) in [5.41, 5.74) is 6.78. The molecular weight excluding hydrogens is 328 g/mol. The molecule has 7 heteroatoms. The van der Waals surface area contributed by atoms with E-state index in [0.29, 0.717) is 30.6 Å². The van der Waals surface area contributed by atoms with Crippen molar-refractivity contribution in [3.8, 4) is 6.01 Å². The predicted octanol–water partition coefficient (Wildman–Crippen LogP) is 3.13. The second kappa shape index (κ2) is 8.51. The number of aromatic nitrogens is 2. The van der Waals surface area contributed by atoms with Crippen molar-refractivity contribution >= 4 is 29.9 Å². The fraction of sp³-hybridized carbons (Fsp3) is 0.706. The Bertz CT molecular complexity index is 576. The number of halogens is 1. The van der Waals surface area contributed by atoms with Crippen molar-refractivity contribution in [2.24, 2.45) is 5.92 Å². The standard InChI is InChI=1S/C17H26N4O2.ClH/c1-2-3-9-23-17-19-15(18)13-10-14(22)21(16(13)20-17)11-12-7-5-4-6-8-12;/h12H,2-11H2,1H3,(H2,18,19,20);1H. The van der Waals surface area contributed by atoms with Crippen LogP contribution in [0.1, 0.15) is 57.4 Å². The lowest BCUT2D eigenvalue weighted by Crippen LogP contribution is -2.33. The molecule has 1 aliphatic carbocycles. The zero-order valence-electron chi connectivity index (χ0n) is 14.3. The van der Waals surface area contributed by atoms with E-state index < -0.39 is 0 Å². The van der Waals surface area contributed by atoms with E-state index in [-0.39, 0.29) is 24.3 Å². The number of amides is 1. The molecule has 1 amide bonds. The van der Waals surface area contributed by atoms with Crippen molar-refractivity contribution in [2.75, 3.05) is 23.8 Å². The molecule has 1 aromatic heterocycles. The van der Waals surface area contributed by atoms with Crippen LogP contribution in [0, 0.1) is 5.92 Å². The van der Waals surface area contributed by atoms with Crippen LogP contribution in [0.3, 0.4) is 0 Å². The van der Waals surface area contributed by atoms with Crippen LogP contribution in [-0.2, 0) is 11.2 Å². The number of nitrogens with two attached hydrogens (primary N) is 1. The summed E-state index contributed by atoms with van der Waals surface area (Å²) in [6.07, 6.45) is 8.53. The predicted molar refractivity (Wildman–Crippen MR) is 96.7 cm³/mol. The van der Waals surface area contributed by atoms with Crippen LogP contribution in [0.5, 0.6) is 6.01 Å². The molecule has 1 saturated carbocycles. The van der Waals surface area contributed by atoms with Gasteiger partial charge in [0.2, 0.25) is 5.91 Å². The average Bonchev–Trinajstić information content (AvgIpc) is 2.86. The molecule has 1 aromatic rings. The smallest absolute Gasteiger partial charge is 0.320 e. The van der Waals surface area contributed by atoms with Crippen LogP contribution in [-0.4, -0.2) is 29.0 Å². The lowest BCUT2D eigenvalue weighted by atomic mass is 9.89. The minimum Gasteiger partial charge on any atom is -0.463 e. The number of carbonyl (C=O) groups excluding carboxylic acids is 1. The Labute approximate surface area is 149 Å². The highest BCUT2D eigenvalue weighted by atomic mass is 35.5. The van der Waals surface area contributed by atoms with Gasteiger partial charge in [-0.2, -0.15) is 9.97 Å². The van der Waals surface area contributed by atoms with Gasteiger partial charge in [-0.15, -0.1) is 12.4 Å². The Morgan fingerprint density at radius 3 is 2.71 bits per heavy atom. The Hall–Kier alpha value is -1.56. The first-order valence-corrected chi connectivity index (χ1v) is 8.78. The minimum atomic E-state index is 0. The van der Waals surface area contributed by atoms with E-state index in [0.717, 1.165) is 24.9 Å². The van der Waals surface area contributed by atoms with Gasteiger partial charge in [-0.1, -0.05) is 32.6 Å². The van der Waals surface area contributed by atoms with Crippen LogP contribution in [0.15, 0.2) is 0 Å². The van der Waals surface area contributed by atoms with Gasteiger partial charge in [0.1, 0.15) is 11.6 Å². The van der Waals surface area contributed by atoms with E-state index in [1.165, 1.54) is 32.1 Å². The first kappa shape index (κ1) is 18.8. The number of unbranched alkanes of at least 4 members (excludes halogenated alkanes) is 1. The maximum absolute atomic E-state index is 12.4. The van der Waals surface area contributed by atoms with E-state index in [1.54, 1.807) is 4.90 Å². The Morgan fingerprint density at radius 1 is 1.25 bits per heavy atom. The third-order valence-corrected chi connectivity index (χ3v) is 4.78. The molecule has 0 spiro atoms. The number of fused-ring (bicyclic) bond motifs is 1. The van der Waals surface area contributed by atoms with E-state index in [1.807, 2.05) is 0 Å². The van der Waals surface area contributed by atoms with Gasteiger partial charge in [-0.3, -0.25) is 9.69 Å². The second-order valence-corrected chi connectivity index (χ2v) is 6.58. The summed E-state index contributed by atoms with van der Waals surface area (Å²) in [6, 6.07) is 0.290. The molecule has 0 saturated heterocycles. The van der Waals surface area contributed by atoms with E-state index in [9.17, 15) is 4.79 Å². The Morgan fingerprint density at radius 2 is 2.00 bits per heavy atom. The second-order valence-electron chi connectivity index (χ2n) is 6.58.